The average Bonchev–Trinajstić information content (AvgIpc) is 2.83. The summed E-state index contributed by atoms with van der Waals surface area (Å²) in [6, 6.07) is 2.28. The molecule has 0 fully saturated rings. The molecular formula is C17H22F3N3O. The molecule has 2 heterocycles. The third-order valence-electron chi connectivity index (χ3n) is 3.73. The molecule has 0 saturated carbocycles. The number of pyridine rings is 1. The number of hydrogen-bond donors (Lipinski definition) is 1. The van der Waals surface area contributed by atoms with Gasteiger partial charge in [0, 0.05) is 12.7 Å². The molecule has 1 amide bonds. The van der Waals surface area contributed by atoms with Crippen molar-refractivity contribution >= 4 is 11.6 Å². The maximum atomic E-state index is 13.0. The van der Waals surface area contributed by atoms with E-state index in [1.54, 1.807) is 0 Å². The fraction of sp³-hybridized carbons (Fsp3) is 0.529. The van der Waals surface area contributed by atoms with Gasteiger partial charge in [-0.3, -0.25) is 9.20 Å². The molecule has 2 aromatic rings. The lowest BCUT2D eigenvalue weighted by atomic mass is 10.1. The summed E-state index contributed by atoms with van der Waals surface area (Å²) in [7, 11) is 0. The number of fused-ring (bicyclic) bond motifs is 1. The molecule has 0 aromatic carbocycles. The minimum Gasteiger partial charge on any atom is -0.351 e. The van der Waals surface area contributed by atoms with Crippen LogP contribution in [0.3, 0.4) is 0 Å². The van der Waals surface area contributed by atoms with Gasteiger partial charge in [-0.25, -0.2) is 4.98 Å². The summed E-state index contributed by atoms with van der Waals surface area (Å²) >= 11 is 0. The average molecular weight is 341 g/mol. The monoisotopic (exact) mass is 341 g/mol. The van der Waals surface area contributed by atoms with Crippen molar-refractivity contribution in [1.29, 1.82) is 0 Å². The van der Waals surface area contributed by atoms with Gasteiger partial charge in [-0.15, -0.1) is 0 Å². The minimum absolute atomic E-state index is 0.196. The van der Waals surface area contributed by atoms with E-state index in [0.717, 1.165) is 25.1 Å². The number of alkyl halides is 3. The number of aromatic nitrogens is 2. The van der Waals surface area contributed by atoms with Gasteiger partial charge in [-0.2, -0.15) is 13.2 Å². The minimum atomic E-state index is -4.46. The zero-order valence-corrected chi connectivity index (χ0v) is 14.1. The lowest BCUT2D eigenvalue weighted by Gasteiger charge is -2.10. The summed E-state index contributed by atoms with van der Waals surface area (Å²) in [5.74, 6) is 0.0466. The van der Waals surface area contributed by atoms with Crippen molar-refractivity contribution in [3.63, 3.8) is 0 Å². The SMILES string of the molecule is CCCc1nc2ccc(C(F)(F)F)cn2c1C(=O)NCCC(C)C. The summed E-state index contributed by atoms with van der Waals surface area (Å²) in [6.07, 6.45) is -1.43. The van der Waals surface area contributed by atoms with Crippen molar-refractivity contribution in [3.05, 3.63) is 35.3 Å². The molecule has 132 valence electrons. The number of imidazole rings is 1. The van der Waals surface area contributed by atoms with Crippen LogP contribution in [-0.4, -0.2) is 21.8 Å². The van der Waals surface area contributed by atoms with Gasteiger partial charge < -0.3 is 5.32 Å². The molecule has 7 heteroatoms. The van der Waals surface area contributed by atoms with E-state index in [2.05, 4.69) is 10.3 Å². The summed E-state index contributed by atoms with van der Waals surface area (Å²) in [5.41, 5.74) is 0.271. The van der Waals surface area contributed by atoms with Crippen LogP contribution in [0.4, 0.5) is 13.2 Å². The second-order valence-electron chi connectivity index (χ2n) is 6.24. The number of hydrogen-bond acceptors (Lipinski definition) is 2. The molecule has 0 atom stereocenters. The highest BCUT2D eigenvalue weighted by Crippen LogP contribution is 2.30. The van der Waals surface area contributed by atoms with Gasteiger partial charge in [-0.05, 0) is 30.9 Å². The highest BCUT2D eigenvalue weighted by atomic mass is 19.4. The van der Waals surface area contributed by atoms with Crippen LogP contribution < -0.4 is 5.32 Å². The summed E-state index contributed by atoms with van der Waals surface area (Å²) in [6.45, 7) is 6.50. The third-order valence-corrected chi connectivity index (χ3v) is 3.73. The molecule has 2 aromatic heterocycles. The van der Waals surface area contributed by atoms with Gasteiger partial charge in [-0.1, -0.05) is 27.2 Å². The second kappa shape index (κ2) is 7.23. The van der Waals surface area contributed by atoms with Gasteiger partial charge >= 0.3 is 6.18 Å². The molecule has 0 aliphatic rings. The van der Waals surface area contributed by atoms with Crippen molar-refractivity contribution in [1.82, 2.24) is 14.7 Å². The van der Waals surface area contributed by atoms with E-state index in [1.807, 2.05) is 20.8 Å². The summed E-state index contributed by atoms with van der Waals surface area (Å²) in [4.78, 5) is 16.8. The predicted octanol–water partition coefficient (Wildman–Crippen LogP) is 4.08. The van der Waals surface area contributed by atoms with E-state index in [0.29, 0.717) is 30.2 Å². The van der Waals surface area contributed by atoms with Crippen LogP contribution in [0.5, 0.6) is 0 Å². The Hall–Kier alpha value is -2.05. The van der Waals surface area contributed by atoms with Crippen LogP contribution in [0.15, 0.2) is 18.3 Å². The van der Waals surface area contributed by atoms with Crippen molar-refractivity contribution in [2.24, 2.45) is 5.92 Å². The zero-order valence-electron chi connectivity index (χ0n) is 14.1. The molecule has 0 aliphatic carbocycles. The molecular weight excluding hydrogens is 319 g/mol. The van der Waals surface area contributed by atoms with E-state index in [9.17, 15) is 18.0 Å². The topological polar surface area (TPSA) is 46.4 Å². The quantitative estimate of drug-likeness (QED) is 0.860. The van der Waals surface area contributed by atoms with Crippen LogP contribution in [0.2, 0.25) is 0 Å². The first-order valence-corrected chi connectivity index (χ1v) is 8.10. The van der Waals surface area contributed by atoms with Gasteiger partial charge in [0.1, 0.15) is 11.3 Å². The summed E-state index contributed by atoms with van der Waals surface area (Å²) in [5, 5.41) is 2.78. The molecule has 0 bridgehead atoms. The van der Waals surface area contributed by atoms with Crippen LogP contribution in [0.1, 0.15) is 55.4 Å². The predicted molar refractivity (Wildman–Crippen MR) is 86.0 cm³/mol. The van der Waals surface area contributed by atoms with Crippen LogP contribution in [0, 0.1) is 5.92 Å². The van der Waals surface area contributed by atoms with Crippen molar-refractivity contribution in [2.45, 2.75) is 46.2 Å². The molecule has 2 rings (SSSR count). The Morgan fingerprint density at radius 1 is 1.33 bits per heavy atom. The molecule has 0 saturated heterocycles. The Morgan fingerprint density at radius 2 is 2.04 bits per heavy atom. The first kappa shape index (κ1) is 18.3. The third kappa shape index (κ3) is 4.07. The molecule has 0 spiro atoms. The van der Waals surface area contributed by atoms with Crippen LogP contribution in [0.25, 0.3) is 5.65 Å². The standard InChI is InChI=1S/C17H22F3N3O/c1-4-5-13-15(16(24)21-9-8-11(2)3)23-10-12(17(18,19)20)6-7-14(23)22-13/h6-7,10-11H,4-5,8-9H2,1-3H3,(H,21,24). The number of halogens is 3. The normalized spacial score (nSPS) is 12.1. The summed E-state index contributed by atoms with van der Waals surface area (Å²) < 4.78 is 40.1. The first-order chi connectivity index (χ1) is 11.2. The number of rotatable bonds is 6. The molecule has 1 N–H and O–H groups in total. The Labute approximate surface area is 139 Å². The zero-order chi connectivity index (χ0) is 17.9. The number of carbonyl (C=O) groups is 1. The molecule has 24 heavy (non-hydrogen) atoms. The number of amides is 1. The molecule has 0 radical (unpaired) electrons. The Balaban J connectivity index is 2.43. The van der Waals surface area contributed by atoms with E-state index < -0.39 is 11.7 Å². The second-order valence-corrected chi connectivity index (χ2v) is 6.24. The fourth-order valence-corrected chi connectivity index (χ4v) is 2.47. The maximum absolute atomic E-state index is 13.0. The van der Waals surface area contributed by atoms with Crippen LogP contribution >= 0.6 is 0 Å². The molecule has 0 unspecified atom stereocenters. The number of aryl methyl sites for hydroxylation is 1. The molecule has 4 nitrogen and oxygen atoms in total. The Bertz CT molecular complexity index is 720. The highest BCUT2D eigenvalue weighted by molar-refractivity contribution is 5.94. The van der Waals surface area contributed by atoms with E-state index in [4.69, 9.17) is 0 Å². The number of carbonyl (C=O) groups excluding carboxylic acids is 1. The largest absolute Gasteiger partial charge is 0.417 e. The Morgan fingerprint density at radius 3 is 2.62 bits per heavy atom. The van der Waals surface area contributed by atoms with E-state index in [-0.39, 0.29) is 11.6 Å². The van der Waals surface area contributed by atoms with Gasteiger partial charge in [0.2, 0.25) is 0 Å². The van der Waals surface area contributed by atoms with Gasteiger partial charge in [0.05, 0.1) is 11.3 Å². The molecule has 0 aliphatic heterocycles. The van der Waals surface area contributed by atoms with Crippen molar-refractivity contribution in [2.75, 3.05) is 6.54 Å². The number of nitrogens with one attached hydrogen (secondary N) is 1. The van der Waals surface area contributed by atoms with E-state index >= 15 is 0 Å². The van der Waals surface area contributed by atoms with Crippen LogP contribution in [-0.2, 0) is 12.6 Å². The van der Waals surface area contributed by atoms with Gasteiger partial charge in [0.25, 0.3) is 5.91 Å². The highest BCUT2D eigenvalue weighted by Gasteiger charge is 2.31. The van der Waals surface area contributed by atoms with Crippen molar-refractivity contribution in [3.8, 4) is 0 Å². The van der Waals surface area contributed by atoms with E-state index in [1.165, 1.54) is 10.5 Å². The van der Waals surface area contributed by atoms with Gasteiger partial charge in [0.15, 0.2) is 0 Å². The smallest absolute Gasteiger partial charge is 0.351 e. The lowest BCUT2D eigenvalue weighted by molar-refractivity contribution is -0.137. The number of nitrogens with zero attached hydrogens (tertiary/aromatic N) is 2. The Kier molecular flexibility index (Phi) is 5.51. The maximum Gasteiger partial charge on any atom is 0.417 e. The lowest BCUT2D eigenvalue weighted by Crippen LogP contribution is -2.27. The fourth-order valence-electron chi connectivity index (χ4n) is 2.47. The van der Waals surface area contributed by atoms with Crippen molar-refractivity contribution < 1.29 is 18.0 Å². The first-order valence-electron chi connectivity index (χ1n) is 8.10.